The molecule has 0 aliphatic heterocycles. The molecule has 3 rings (SSSR count). The molecule has 2 N–H and O–H groups in total. The van der Waals surface area contributed by atoms with Crippen LogP contribution in [0.5, 0.6) is 0 Å². The molecule has 0 bridgehead atoms. The van der Waals surface area contributed by atoms with Crippen molar-refractivity contribution in [1.82, 2.24) is 15.6 Å². The lowest BCUT2D eigenvalue weighted by Gasteiger charge is -2.13. The highest BCUT2D eigenvalue weighted by Crippen LogP contribution is 2.22. The van der Waals surface area contributed by atoms with E-state index in [0.717, 1.165) is 48.0 Å². The number of aliphatic imine (C=N–C) groups is 1. The number of rotatable bonds is 6. The Hall–Kier alpha value is -2.76. The molecule has 0 saturated carbocycles. The van der Waals surface area contributed by atoms with Crippen molar-refractivity contribution in [3.63, 3.8) is 0 Å². The summed E-state index contributed by atoms with van der Waals surface area (Å²) in [6.45, 7) is 10.3. The average Bonchev–Trinajstić information content (AvgIpc) is 3.26. The Kier molecular flexibility index (Phi) is 5.84. The first-order valence-electron chi connectivity index (χ1n) is 9.40. The lowest BCUT2D eigenvalue weighted by molar-refractivity contribution is 0.383. The van der Waals surface area contributed by atoms with Crippen LogP contribution in [0.1, 0.15) is 45.1 Å². The summed E-state index contributed by atoms with van der Waals surface area (Å²) in [5.74, 6) is 3.19. The molecule has 0 saturated heterocycles. The fourth-order valence-electron chi connectivity index (χ4n) is 2.68. The summed E-state index contributed by atoms with van der Waals surface area (Å²) >= 11 is 0. The third-order valence-corrected chi connectivity index (χ3v) is 4.15. The van der Waals surface area contributed by atoms with Crippen LogP contribution in [-0.4, -0.2) is 24.0 Å². The molecular formula is C21H28N4O2. The first-order chi connectivity index (χ1) is 13.0. The van der Waals surface area contributed by atoms with Gasteiger partial charge >= 0.3 is 0 Å². The number of para-hydroxylation sites is 1. The van der Waals surface area contributed by atoms with Crippen molar-refractivity contribution in [2.75, 3.05) is 13.1 Å². The van der Waals surface area contributed by atoms with Crippen molar-refractivity contribution in [3.8, 4) is 0 Å². The molecular weight excluding hydrogens is 340 g/mol. The van der Waals surface area contributed by atoms with Gasteiger partial charge in [0.25, 0.3) is 0 Å². The van der Waals surface area contributed by atoms with E-state index in [2.05, 4.69) is 53.5 Å². The summed E-state index contributed by atoms with van der Waals surface area (Å²) in [5.41, 5.74) is 0.872. The Morgan fingerprint density at radius 3 is 2.67 bits per heavy atom. The van der Waals surface area contributed by atoms with Gasteiger partial charge in [-0.2, -0.15) is 0 Å². The highest BCUT2D eigenvalue weighted by atomic mass is 16.4. The van der Waals surface area contributed by atoms with Crippen molar-refractivity contribution < 1.29 is 8.83 Å². The highest BCUT2D eigenvalue weighted by molar-refractivity contribution is 5.80. The zero-order valence-corrected chi connectivity index (χ0v) is 16.5. The van der Waals surface area contributed by atoms with Crippen molar-refractivity contribution in [3.05, 3.63) is 53.9 Å². The first-order valence-corrected chi connectivity index (χ1v) is 9.40. The topological polar surface area (TPSA) is 75.6 Å². The van der Waals surface area contributed by atoms with Gasteiger partial charge in [0.15, 0.2) is 5.96 Å². The Morgan fingerprint density at radius 2 is 1.96 bits per heavy atom. The van der Waals surface area contributed by atoms with Gasteiger partial charge in [-0.3, -0.25) is 0 Å². The number of aromatic nitrogens is 1. The molecule has 0 aliphatic rings. The molecule has 0 spiro atoms. The predicted molar refractivity (Wildman–Crippen MR) is 108 cm³/mol. The first kappa shape index (κ1) is 19.0. The van der Waals surface area contributed by atoms with Gasteiger partial charge in [-0.05, 0) is 19.1 Å². The molecule has 2 heterocycles. The van der Waals surface area contributed by atoms with Gasteiger partial charge in [0.05, 0.1) is 6.20 Å². The molecule has 27 heavy (non-hydrogen) atoms. The Labute approximate surface area is 160 Å². The number of furan rings is 1. The van der Waals surface area contributed by atoms with Crippen LogP contribution in [-0.2, 0) is 18.4 Å². The maximum Gasteiger partial charge on any atom is 0.216 e. The summed E-state index contributed by atoms with van der Waals surface area (Å²) < 4.78 is 11.6. The van der Waals surface area contributed by atoms with Gasteiger partial charge in [0.2, 0.25) is 5.89 Å². The maximum atomic E-state index is 5.85. The van der Waals surface area contributed by atoms with Crippen LogP contribution in [0.4, 0.5) is 0 Å². The second kappa shape index (κ2) is 8.29. The molecule has 0 radical (unpaired) electrons. The molecule has 6 nitrogen and oxygen atoms in total. The van der Waals surface area contributed by atoms with Crippen molar-refractivity contribution >= 4 is 16.9 Å². The number of guanidine groups is 1. The van der Waals surface area contributed by atoms with Crippen LogP contribution in [0.3, 0.4) is 0 Å². The number of oxazole rings is 1. The molecule has 0 amide bonds. The molecule has 6 heteroatoms. The number of fused-ring (bicyclic) bond motifs is 1. The maximum absolute atomic E-state index is 5.85. The average molecular weight is 368 g/mol. The van der Waals surface area contributed by atoms with Gasteiger partial charge < -0.3 is 19.5 Å². The van der Waals surface area contributed by atoms with E-state index in [0.29, 0.717) is 12.4 Å². The van der Waals surface area contributed by atoms with E-state index in [1.165, 1.54) is 0 Å². The molecule has 0 atom stereocenters. The second-order valence-electron chi connectivity index (χ2n) is 7.49. The van der Waals surface area contributed by atoms with Gasteiger partial charge in [0, 0.05) is 30.3 Å². The molecule has 2 aromatic heterocycles. The molecule has 3 aromatic rings. The number of nitrogens with one attached hydrogen (secondary N) is 2. The van der Waals surface area contributed by atoms with E-state index >= 15 is 0 Å². The largest absolute Gasteiger partial charge is 0.461 e. The van der Waals surface area contributed by atoms with E-state index in [1.54, 1.807) is 6.20 Å². The SMILES string of the molecule is CCNC(=NCc1ncc(C(C)(C)C)o1)NCCc1cc2ccccc2o1. The van der Waals surface area contributed by atoms with Crippen molar-refractivity contribution in [2.24, 2.45) is 4.99 Å². The van der Waals surface area contributed by atoms with E-state index in [-0.39, 0.29) is 5.41 Å². The number of nitrogens with zero attached hydrogens (tertiary/aromatic N) is 2. The Balaban J connectivity index is 1.56. The van der Waals surface area contributed by atoms with E-state index in [9.17, 15) is 0 Å². The monoisotopic (exact) mass is 368 g/mol. The van der Waals surface area contributed by atoms with Crippen LogP contribution in [0.25, 0.3) is 11.0 Å². The summed E-state index contributed by atoms with van der Waals surface area (Å²) in [4.78, 5) is 8.88. The highest BCUT2D eigenvalue weighted by Gasteiger charge is 2.19. The van der Waals surface area contributed by atoms with Gasteiger partial charge in [0.1, 0.15) is 23.6 Å². The molecule has 1 aromatic carbocycles. The van der Waals surface area contributed by atoms with E-state index in [1.807, 2.05) is 25.1 Å². The summed E-state index contributed by atoms with van der Waals surface area (Å²) in [6, 6.07) is 10.1. The van der Waals surface area contributed by atoms with Crippen molar-refractivity contribution in [1.29, 1.82) is 0 Å². The minimum atomic E-state index is -0.0513. The zero-order chi connectivity index (χ0) is 19.3. The molecule has 0 fully saturated rings. The lowest BCUT2D eigenvalue weighted by atomic mass is 9.94. The second-order valence-corrected chi connectivity index (χ2v) is 7.49. The van der Waals surface area contributed by atoms with E-state index in [4.69, 9.17) is 8.83 Å². The van der Waals surface area contributed by atoms with Crippen LogP contribution >= 0.6 is 0 Å². The normalized spacial score (nSPS) is 12.5. The van der Waals surface area contributed by atoms with Crippen LogP contribution in [0.15, 0.2) is 50.4 Å². The van der Waals surface area contributed by atoms with Gasteiger partial charge in [-0.15, -0.1) is 0 Å². The predicted octanol–water partition coefficient (Wildman–Crippen LogP) is 4.02. The zero-order valence-electron chi connectivity index (χ0n) is 16.5. The number of hydrogen-bond donors (Lipinski definition) is 2. The minimum Gasteiger partial charge on any atom is -0.461 e. The fourth-order valence-corrected chi connectivity index (χ4v) is 2.68. The number of benzene rings is 1. The van der Waals surface area contributed by atoms with Crippen LogP contribution in [0.2, 0.25) is 0 Å². The third-order valence-electron chi connectivity index (χ3n) is 4.15. The lowest BCUT2D eigenvalue weighted by Crippen LogP contribution is -2.38. The fraction of sp³-hybridized carbons (Fsp3) is 0.429. The third kappa shape index (κ3) is 5.12. The quantitative estimate of drug-likeness (QED) is 0.508. The Morgan fingerprint density at radius 1 is 1.15 bits per heavy atom. The van der Waals surface area contributed by atoms with E-state index < -0.39 is 0 Å². The number of hydrogen-bond acceptors (Lipinski definition) is 4. The summed E-state index contributed by atoms with van der Waals surface area (Å²) in [5, 5.41) is 7.70. The minimum absolute atomic E-state index is 0.0513. The molecule has 0 unspecified atom stereocenters. The van der Waals surface area contributed by atoms with Crippen LogP contribution < -0.4 is 10.6 Å². The standard InChI is InChI=1S/C21H28N4O2/c1-5-22-20(25-14-19-24-13-18(27-19)21(2,3)4)23-11-10-16-12-15-8-6-7-9-17(15)26-16/h6-9,12-13H,5,10-11,14H2,1-4H3,(H2,22,23,25). The van der Waals surface area contributed by atoms with Crippen molar-refractivity contribution in [2.45, 2.75) is 46.1 Å². The van der Waals surface area contributed by atoms with Crippen LogP contribution in [0, 0.1) is 0 Å². The smallest absolute Gasteiger partial charge is 0.216 e. The van der Waals surface area contributed by atoms with Gasteiger partial charge in [-0.25, -0.2) is 9.98 Å². The molecule has 0 aliphatic carbocycles. The summed E-state index contributed by atoms with van der Waals surface area (Å²) in [7, 11) is 0. The summed E-state index contributed by atoms with van der Waals surface area (Å²) in [6.07, 6.45) is 2.57. The Bertz CT molecular complexity index is 869. The van der Waals surface area contributed by atoms with Gasteiger partial charge in [-0.1, -0.05) is 39.0 Å². The molecule has 144 valence electrons.